The number of nitrogens with one attached hydrogen (secondary N) is 1. The molecule has 0 unspecified atom stereocenters. The molecule has 106 valence electrons. The smallest absolute Gasteiger partial charge is 0.242 e. The zero-order chi connectivity index (χ0) is 14.5. The summed E-state index contributed by atoms with van der Waals surface area (Å²) in [6.07, 6.45) is 0. The Labute approximate surface area is 120 Å². The second-order valence-electron chi connectivity index (χ2n) is 4.31. The molecule has 0 aliphatic heterocycles. The molecule has 20 heavy (non-hydrogen) atoms. The standard InChI is InChI=1S/C13H16N4O2S/c1-17(13(19)7-15-11(18)6-14)8-12-16-9-4-2-3-5-10(9)20-12/h2-5H,6-8,14H2,1H3,(H,15,18). The number of benzene rings is 1. The second kappa shape index (κ2) is 6.44. The number of nitrogens with two attached hydrogens (primary N) is 1. The Morgan fingerprint density at radius 2 is 2.15 bits per heavy atom. The number of carbonyl (C=O) groups is 2. The minimum absolute atomic E-state index is 0.0442. The van der Waals surface area contributed by atoms with E-state index in [0.717, 1.165) is 15.2 Å². The molecule has 0 fully saturated rings. The molecule has 0 aliphatic carbocycles. The Hall–Kier alpha value is -1.99. The number of amides is 2. The summed E-state index contributed by atoms with van der Waals surface area (Å²) >= 11 is 1.56. The van der Waals surface area contributed by atoms with E-state index in [1.165, 1.54) is 4.90 Å². The van der Waals surface area contributed by atoms with Gasteiger partial charge in [0, 0.05) is 7.05 Å². The fourth-order valence-electron chi connectivity index (χ4n) is 1.66. The van der Waals surface area contributed by atoms with E-state index >= 15 is 0 Å². The van der Waals surface area contributed by atoms with Crippen molar-refractivity contribution >= 4 is 33.4 Å². The van der Waals surface area contributed by atoms with Gasteiger partial charge >= 0.3 is 0 Å². The molecule has 2 rings (SSSR count). The minimum Gasteiger partial charge on any atom is -0.346 e. The van der Waals surface area contributed by atoms with Crippen LogP contribution >= 0.6 is 11.3 Å². The first kappa shape index (κ1) is 14.4. The topological polar surface area (TPSA) is 88.3 Å². The average molecular weight is 292 g/mol. The molecule has 0 bridgehead atoms. The number of likely N-dealkylation sites (N-methyl/N-ethyl adjacent to an activating group) is 1. The van der Waals surface area contributed by atoms with Gasteiger partial charge in [-0.05, 0) is 12.1 Å². The van der Waals surface area contributed by atoms with Crippen molar-refractivity contribution in [2.45, 2.75) is 6.54 Å². The van der Waals surface area contributed by atoms with Crippen LogP contribution in [0.15, 0.2) is 24.3 Å². The molecule has 1 aromatic heterocycles. The van der Waals surface area contributed by atoms with Crippen LogP contribution in [0.4, 0.5) is 0 Å². The zero-order valence-electron chi connectivity index (χ0n) is 11.1. The highest BCUT2D eigenvalue weighted by Crippen LogP contribution is 2.22. The maximum absolute atomic E-state index is 11.8. The molecule has 0 saturated heterocycles. The molecule has 1 aromatic carbocycles. The van der Waals surface area contributed by atoms with Gasteiger partial charge in [-0.3, -0.25) is 9.59 Å². The predicted octanol–water partition coefficient (Wildman–Crippen LogP) is 0.330. The van der Waals surface area contributed by atoms with Crippen molar-refractivity contribution in [1.82, 2.24) is 15.2 Å². The van der Waals surface area contributed by atoms with Crippen molar-refractivity contribution in [2.24, 2.45) is 5.73 Å². The molecule has 0 saturated carbocycles. The van der Waals surface area contributed by atoms with E-state index in [1.807, 2.05) is 24.3 Å². The number of hydrogen-bond acceptors (Lipinski definition) is 5. The van der Waals surface area contributed by atoms with Gasteiger partial charge in [-0.2, -0.15) is 0 Å². The van der Waals surface area contributed by atoms with Crippen molar-refractivity contribution < 1.29 is 9.59 Å². The van der Waals surface area contributed by atoms with E-state index in [4.69, 9.17) is 5.73 Å². The van der Waals surface area contributed by atoms with Crippen LogP contribution in [0, 0.1) is 0 Å². The van der Waals surface area contributed by atoms with Crippen LogP contribution in [0.1, 0.15) is 5.01 Å². The highest BCUT2D eigenvalue weighted by molar-refractivity contribution is 7.18. The highest BCUT2D eigenvalue weighted by Gasteiger charge is 2.12. The number of thiazole rings is 1. The van der Waals surface area contributed by atoms with Crippen molar-refractivity contribution in [3.63, 3.8) is 0 Å². The van der Waals surface area contributed by atoms with E-state index in [2.05, 4.69) is 10.3 Å². The van der Waals surface area contributed by atoms with Gasteiger partial charge in [-0.1, -0.05) is 12.1 Å². The van der Waals surface area contributed by atoms with Gasteiger partial charge in [0.05, 0.1) is 29.9 Å². The van der Waals surface area contributed by atoms with Crippen molar-refractivity contribution in [3.8, 4) is 0 Å². The molecule has 2 amide bonds. The molecule has 3 N–H and O–H groups in total. The van der Waals surface area contributed by atoms with Crippen LogP contribution in [0.25, 0.3) is 10.2 Å². The molecule has 7 heteroatoms. The number of carbonyl (C=O) groups excluding carboxylic acids is 2. The van der Waals surface area contributed by atoms with Crippen LogP contribution in [0.5, 0.6) is 0 Å². The van der Waals surface area contributed by atoms with Gasteiger partial charge in [-0.15, -0.1) is 11.3 Å². The van der Waals surface area contributed by atoms with Gasteiger partial charge in [0.1, 0.15) is 5.01 Å². The van der Waals surface area contributed by atoms with Gasteiger partial charge in [0.2, 0.25) is 11.8 Å². The Bertz CT molecular complexity index is 593. The van der Waals surface area contributed by atoms with Gasteiger partial charge in [-0.25, -0.2) is 4.98 Å². The van der Waals surface area contributed by atoms with Crippen LogP contribution in [0.2, 0.25) is 0 Å². The summed E-state index contributed by atoms with van der Waals surface area (Å²) in [6, 6.07) is 7.84. The van der Waals surface area contributed by atoms with Crippen LogP contribution < -0.4 is 11.1 Å². The maximum atomic E-state index is 11.8. The SMILES string of the molecule is CN(Cc1nc2ccccc2s1)C(=O)CNC(=O)CN. The van der Waals surface area contributed by atoms with E-state index in [-0.39, 0.29) is 24.9 Å². The monoisotopic (exact) mass is 292 g/mol. The van der Waals surface area contributed by atoms with Crippen LogP contribution in [0.3, 0.4) is 0 Å². The third kappa shape index (κ3) is 3.52. The first-order chi connectivity index (χ1) is 9.60. The van der Waals surface area contributed by atoms with Crippen molar-refractivity contribution in [1.29, 1.82) is 0 Å². The Balaban J connectivity index is 1.94. The number of rotatable bonds is 5. The normalized spacial score (nSPS) is 10.5. The quantitative estimate of drug-likeness (QED) is 0.831. The third-order valence-corrected chi connectivity index (χ3v) is 3.78. The molecular weight excluding hydrogens is 276 g/mol. The van der Waals surface area contributed by atoms with E-state index < -0.39 is 0 Å². The average Bonchev–Trinajstić information content (AvgIpc) is 2.86. The number of nitrogens with zero attached hydrogens (tertiary/aromatic N) is 2. The lowest BCUT2D eigenvalue weighted by Crippen LogP contribution is -2.40. The number of aromatic nitrogens is 1. The Morgan fingerprint density at radius 3 is 2.85 bits per heavy atom. The Kier molecular flexibility index (Phi) is 4.65. The summed E-state index contributed by atoms with van der Waals surface area (Å²) in [5.41, 5.74) is 6.09. The van der Waals surface area contributed by atoms with Crippen LogP contribution in [-0.4, -0.2) is 41.8 Å². The predicted molar refractivity (Wildman–Crippen MR) is 78.2 cm³/mol. The lowest BCUT2D eigenvalue weighted by atomic mass is 10.3. The third-order valence-electron chi connectivity index (χ3n) is 2.76. The first-order valence-corrected chi connectivity index (χ1v) is 6.97. The summed E-state index contributed by atoms with van der Waals surface area (Å²) in [4.78, 5) is 28.8. The second-order valence-corrected chi connectivity index (χ2v) is 5.42. The summed E-state index contributed by atoms with van der Waals surface area (Å²) in [5.74, 6) is -0.516. The molecular formula is C13H16N4O2S. The molecule has 0 spiro atoms. The number of hydrogen-bond donors (Lipinski definition) is 2. The largest absolute Gasteiger partial charge is 0.346 e. The summed E-state index contributed by atoms with van der Waals surface area (Å²) in [5, 5.41) is 3.32. The fourth-order valence-corrected chi connectivity index (χ4v) is 2.68. The molecule has 0 aliphatic rings. The summed E-state index contributed by atoms with van der Waals surface area (Å²) < 4.78 is 1.10. The number of fused-ring (bicyclic) bond motifs is 1. The van der Waals surface area contributed by atoms with E-state index in [1.54, 1.807) is 18.4 Å². The summed E-state index contributed by atoms with van der Waals surface area (Å²) in [7, 11) is 1.68. The number of para-hydroxylation sites is 1. The lowest BCUT2D eigenvalue weighted by molar-refractivity contribution is -0.131. The highest BCUT2D eigenvalue weighted by atomic mass is 32.1. The maximum Gasteiger partial charge on any atom is 0.242 e. The molecule has 6 nitrogen and oxygen atoms in total. The van der Waals surface area contributed by atoms with E-state index in [0.29, 0.717) is 6.54 Å². The van der Waals surface area contributed by atoms with Crippen LogP contribution in [-0.2, 0) is 16.1 Å². The molecule has 0 radical (unpaired) electrons. The molecule has 1 heterocycles. The first-order valence-electron chi connectivity index (χ1n) is 6.15. The van der Waals surface area contributed by atoms with Crippen molar-refractivity contribution in [3.05, 3.63) is 29.3 Å². The molecule has 2 aromatic rings. The Morgan fingerprint density at radius 1 is 1.40 bits per heavy atom. The van der Waals surface area contributed by atoms with Gasteiger partial charge in [0.25, 0.3) is 0 Å². The van der Waals surface area contributed by atoms with E-state index in [9.17, 15) is 9.59 Å². The zero-order valence-corrected chi connectivity index (χ0v) is 11.9. The summed E-state index contributed by atoms with van der Waals surface area (Å²) in [6.45, 7) is 0.267. The molecule has 0 atom stereocenters. The van der Waals surface area contributed by atoms with Gasteiger partial charge < -0.3 is 16.0 Å². The van der Waals surface area contributed by atoms with Crippen molar-refractivity contribution in [2.75, 3.05) is 20.1 Å². The fraction of sp³-hybridized carbons (Fsp3) is 0.308. The van der Waals surface area contributed by atoms with Gasteiger partial charge in [0.15, 0.2) is 0 Å². The minimum atomic E-state index is -0.341. The lowest BCUT2D eigenvalue weighted by Gasteiger charge is -2.15.